The molecule has 0 atom stereocenters. The Morgan fingerprint density at radius 3 is 2.48 bits per heavy atom. The van der Waals surface area contributed by atoms with Gasteiger partial charge in [-0.3, -0.25) is 0 Å². The number of fused-ring (bicyclic) bond motifs is 4. The largest absolute Gasteiger partial charge is 0.488 e. The van der Waals surface area contributed by atoms with E-state index in [-0.39, 0.29) is 0 Å². The van der Waals surface area contributed by atoms with Crippen LogP contribution in [-0.2, 0) is 0 Å². The minimum absolute atomic E-state index is 0.528. The number of benzene rings is 3. The van der Waals surface area contributed by atoms with E-state index in [1.54, 1.807) is 0 Å². The van der Waals surface area contributed by atoms with Gasteiger partial charge in [-0.2, -0.15) is 0 Å². The van der Waals surface area contributed by atoms with Crippen molar-refractivity contribution in [3.63, 3.8) is 0 Å². The molecule has 0 spiro atoms. The van der Waals surface area contributed by atoms with Crippen LogP contribution >= 0.6 is 0 Å². The maximum Gasteiger partial charge on any atom is 0.143 e. The van der Waals surface area contributed by atoms with Crippen molar-refractivity contribution in [2.75, 3.05) is 6.61 Å². The molecule has 0 unspecified atom stereocenters. The van der Waals surface area contributed by atoms with E-state index in [0.717, 1.165) is 56.4 Å². The second-order valence-corrected chi connectivity index (χ2v) is 7.47. The SMILES string of the molecule is C=C1/C=C(/C)C/C=C\COc2c1cccc2-c1cccc2c1oc1ccccc12. The van der Waals surface area contributed by atoms with E-state index in [1.807, 2.05) is 18.2 Å². The zero-order valence-electron chi connectivity index (χ0n) is 16.4. The van der Waals surface area contributed by atoms with Crippen LogP contribution in [0, 0.1) is 0 Å². The van der Waals surface area contributed by atoms with Gasteiger partial charge in [-0.05, 0) is 25.0 Å². The number of furan rings is 1. The second-order valence-electron chi connectivity index (χ2n) is 7.47. The number of ether oxygens (including phenoxy) is 1. The highest BCUT2D eigenvalue weighted by molar-refractivity contribution is 6.10. The van der Waals surface area contributed by atoms with Crippen molar-refractivity contribution in [3.8, 4) is 16.9 Å². The normalized spacial score (nSPS) is 17.4. The molecule has 2 heteroatoms. The first-order chi connectivity index (χ1) is 14.2. The van der Waals surface area contributed by atoms with Gasteiger partial charge in [-0.15, -0.1) is 0 Å². The third-order valence-corrected chi connectivity index (χ3v) is 5.41. The lowest BCUT2D eigenvalue weighted by atomic mass is 9.95. The molecule has 1 aromatic heterocycles. The summed E-state index contributed by atoms with van der Waals surface area (Å²) in [6.07, 6.45) is 7.28. The van der Waals surface area contributed by atoms with Gasteiger partial charge < -0.3 is 9.15 Å². The molecule has 0 radical (unpaired) electrons. The van der Waals surface area contributed by atoms with Crippen LogP contribution in [0.25, 0.3) is 38.6 Å². The van der Waals surface area contributed by atoms with Crippen molar-refractivity contribution < 1.29 is 9.15 Å². The lowest BCUT2D eigenvalue weighted by Crippen LogP contribution is -2.00. The van der Waals surface area contributed by atoms with Gasteiger partial charge in [-0.25, -0.2) is 0 Å². The van der Waals surface area contributed by atoms with Gasteiger partial charge in [0.25, 0.3) is 0 Å². The van der Waals surface area contributed by atoms with Crippen molar-refractivity contribution in [2.45, 2.75) is 13.3 Å². The molecule has 0 fully saturated rings. The first-order valence-electron chi connectivity index (χ1n) is 9.90. The van der Waals surface area contributed by atoms with Crippen LogP contribution in [-0.4, -0.2) is 6.61 Å². The van der Waals surface area contributed by atoms with Crippen molar-refractivity contribution in [1.82, 2.24) is 0 Å². The highest BCUT2D eigenvalue weighted by atomic mass is 16.5. The maximum absolute atomic E-state index is 6.27. The molecule has 142 valence electrons. The summed E-state index contributed by atoms with van der Waals surface area (Å²) in [6, 6.07) is 20.7. The van der Waals surface area contributed by atoms with Crippen LogP contribution in [0.5, 0.6) is 5.75 Å². The maximum atomic E-state index is 6.27. The van der Waals surface area contributed by atoms with E-state index in [0.29, 0.717) is 6.61 Å². The minimum atomic E-state index is 0.528. The van der Waals surface area contributed by atoms with Gasteiger partial charge in [0.1, 0.15) is 23.5 Å². The third kappa shape index (κ3) is 3.07. The molecular formula is C27H22O2. The summed E-state index contributed by atoms with van der Waals surface area (Å²) in [5, 5.41) is 2.24. The molecule has 5 rings (SSSR count). The van der Waals surface area contributed by atoms with Crippen molar-refractivity contribution >= 4 is 27.5 Å². The lowest BCUT2D eigenvalue weighted by molar-refractivity contribution is 0.363. The molecule has 2 heterocycles. The Morgan fingerprint density at radius 2 is 1.55 bits per heavy atom. The van der Waals surface area contributed by atoms with Crippen LogP contribution in [0.3, 0.4) is 0 Å². The molecule has 1 aliphatic heterocycles. The Balaban J connectivity index is 1.77. The highest BCUT2D eigenvalue weighted by Crippen LogP contribution is 2.42. The molecule has 0 bridgehead atoms. The van der Waals surface area contributed by atoms with Crippen molar-refractivity contribution in [3.05, 3.63) is 96.6 Å². The van der Waals surface area contributed by atoms with Gasteiger partial charge in [0, 0.05) is 27.5 Å². The average molecular weight is 378 g/mol. The van der Waals surface area contributed by atoms with Crippen LogP contribution in [0.1, 0.15) is 18.9 Å². The zero-order valence-corrected chi connectivity index (χ0v) is 16.4. The molecule has 3 aromatic carbocycles. The summed E-state index contributed by atoms with van der Waals surface area (Å²) in [4.78, 5) is 0. The number of allylic oxidation sites excluding steroid dienone is 4. The average Bonchev–Trinajstić information content (AvgIpc) is 3.12. The summed E-state index contributed by atoms with van der Waals surface area (Å²) in [6.45, 7) is 6.97. The number of para-hydroxylation sites is 3. The van der Waals surface area contributed by atoms with Gasteiger partial charge in [0.2, 0.25) is 0 Å². The van der Waals surface area contributed by atoms with Gasteiger partial charge in [0.15, 0.2) is 0 Å². The lowest BCUT2D eigenvalue weighted by Gasteiger charge is -2.17. The summed E-state index contributed by atoms with van der Waals surface area (Å²) < 4.78 is 12.5. The van der Waals surface area contributed by atoms with Crippen LogP contribution in [0.2, 0.25) is 0 Å². The Labute approximate surface area is 170 Å². The Bertz CT molecular complexity index is 1300. The molecular weight excluding hydrogens is 356 g/mol. The van der Waals surface area contributed by atoms with E-state index < -0.39 is 0 Å². The molecule has 29 heavy (non-hydrogen) atoms. The molecule has 4 aromatic rings. The summed E-state index contributed by atoms with van der Waals surface area (Å²) in [7, 11) is 0. The first kappa shape index (κ1) is 17.6. The van der Waals surface area contributed by atoms with Crippen LogP contribution < -0.4 is 4.74 Å². The summed E-state index contributed by atoms with van der Waals surface area (Å²) >= 11 is 0. The first-order valence-corrected chi connectivity index (χ1v) is 9.90. The Hall–Kier alpha value is -3.52. The van der Waals surface area contributed by atoms with Crippen LogP contribution in [0.4, 0.5) is 0 Å². The van der Waals surface area contributed by atoms with E-state index >= 15 is 0 Å². The zero-order chi connectivity index (χ0) is 19.8. The van der Waals surface area contributed by atoms with E-state index in [2.05, 4.69) is 74.2 Å². The summed E-state index contributed by atoms with van der Waals surface area (Å²) in [5.74, 6) is 0.848. The highest BCUT2D eigenvalue weighted by Gasteiger charge is 2.18. The van der Waals surface area contributed by atoms with E-state index in [4.69, 9.17) is 9.15 Å². The van der Waals surface area contributed by atoms with E-state index in [1.165, 1.54) is 5.57 Å². The Morgan fingerprint density at radius 1 is 0.793 bits per heavy atom. The fraction of sp³-hybridized carbons (Fsp3) is 0.111. The summed E-state index contributed by atoms with van der Waals surface area (Å²) in [5.41, 5.74) is 7.10. The monoisotopic (exact) mass is 378 g/mol. The fourth-order valence-electron chi connectivity index (χ4n) is 4.02. The molecule has 2 nitrogen and oxygen atoms in total. The third-order valence-electron chi connectivity index (χ3n) is 5.41. The van der Waals surface area contributed by atoms with E-state index in [9.17, 15) is 0 Å². The molecule has 0 amide bonds. The van der Waals surface area contributed by atoms with Gasteiger partial charge >= 0.3 is 0 Å². The van der Waals surface area contributed by atoms with Gasteiger partial charge in [0.05, 0.1) is 0 Å². The molecule has 0 aliphatic carbocycles. The van der Waals surface area contributed by atoms with Gasteiger partial charge in [-0.1, -0.05) is 85.0 Å². The fourth-order valence-corrected chi connectivity index (χ4v) is 4.02. The second kappa shape index (κ2) is 7.14. The quantitative estimate of drug-likeness (QED) is 0.319. The smallest absolute Gasteiger partial charge is 0.143 e. The minimum Gasteiger partial charge on any atom is -0.488 e. The predicted octanol–water partition coefficient (Wildman–Crippen LogP) is 7.55. The molecule has 0 N–H and O–H groups in total. The molecule has 0 saturated carbocycles. The standard InChI is InChI=1S/C27H22O2/c1-18-9-5-6-16-28-26-20(19(2)17-18)11-7-13-23(26)24-14-8-12-22-21-10-3-4-15-25(21)29-27(22)24/h3-8,10-15,17H,2,9,16H2,1H3/b6-5-,18-17-. The van der Waals surface area contributed by atoms with Crippen LogP contribution in [0.15, 0.2) is 95.5 Å². The molecule has 0 saturated heterocycles. The number of hydrogen-bond donors (Lipinski definition) is 0. The topological polar surface area (TPSA) is 22.4 Å². The predicted molar refractivity (Wildman–Crippen MR) is 121 cm³/mol. The Kier molecular flexibility index (Phi) is 4.33. The van der Waals surface area contributed by atoms with Crippen molar-refractivity contribution in [1.29, 1.82) is 0 Å². The van der Waals surface area contributed by atoms with Crippen molar-refractivity contribution in [2.24, 2.45) is 0 Å². The number of rotatable bonds is 1. The number of hydrogen-bond acceptors (Lipinski definition) is 2. The molecule has 1 aliphatic rings.